The molecular formula is C120H78N10. The molecule has 24 aromatic rings. The Morgan fingerprint density at radius 2 is 0.423 bits per heavy atom. The molecule has 0 N–H and O–H groups in total. The lowest BCUT2D eigenvalue weighted by atomic mass is 10.0. The topological polar surface area (TPSA) is 80.0 Å². The normalized spacial score (nSPS) is 11.4. The number of para-hydroxylation sites is 2. The van der Waals surface area contributed by atoms with Crippen LogP contribution in [0, 0.1) is 27.0 Å². The van der Waals surface area contributed by atoms with Crippen LogP contribution in [-0.4, -0.2) is 38.2 Å². The maximum absolute atomic E-state index is 8.81. The lowest BCUT2D eigenvalue weighted by molar-refractivity contribution is 1.06. The molecule has 608 valence electrons. The summed E-state index contributed by atoms with van der Waals surface area (Å²) in [6.07, 6.45) is 0. The van der Waals surface area contributed by atoms with Gasteiger partial charge in [0.2, 0.25) is 0 Å². The van der Waals surface area contributed by atoms with E-state index in [0.717, 1.165) is 211 Å². The van der Waals surface area contributed by atoms with Gasteiger partial charge in [-0.25, -0.2) is 29.6 Å². The zero-order chi connectivity index (χ0) is 86.9. The number of aryl methyl sites for hydroxylation is 2. The molecule has 10 heteroatoms. The first-order chi connectivity index (χ1) is 64.2. The van der Waals surface area contributed by atoms with Crippen molar-refractivity contribution in [2.45, 2.75) is 13.8 Å². The first kappa shape index (κ1) is 77.1. The van der Waals surface area contributed by atoms with E-state index < -0.39 is 0 Å². The first-order valence-corrected chi connectivity index (χ1v) is 43.7. The number of nitrogens with zero attached hydrogens (tertiary/aromatic N) is 10. The number of hydrogen-bond donors (Lipinski definition) is 0. The predicted molar refractivity (Wildman–Crippen MR) is 538 cm³/mol. The second-order valence-corrected chi connectivity index (χ2v) is 33.1. The number of hydrogen-bond acceptors (Lipinski definition) is 4. The Morgan fingerprint density at radius 1 is 0.185 bits per heavy atom. The molecule has 0 radical (unpaired) electrons. The van der Waals surface area contributed by atoms with E-state index in [2.05, 4.69) is 410 Å². The SMILES string of the molecule is [C-]#[N+]c1cc(-n2c3cc(-c4ccccc4)ccc3c3ccc(-c4ccccc4)cc32)c(-n2c3cc(-c4ccccc4)ccc3c3ccc(-c4ccccc4)cc32)cc1-c1nc(C)cc(C)n1.[C-]#[N+]c1cc(-n2c3ccccc3c3cc(-c4ccccc4)ccc32)c(-n2c3ccccc3c3cc(-c4ccccc4)ccc32)cc1-c1nc(-c2ccccc2)cc(-c2ccccc2)n1. The standard InChI is InChI=1S/C61H41N5.C59H37N5/c1-39-32-40(2)64-61(63-39)53-37-59(65-55-33-45(41-16-8-4-9-17-41)24-28-49(55)50-29-25-46(34-56(50)65)42-18-10-5-11-19-42)60(38-54(53)62-3)66-57-35-47(43-20-12-6-13-21-43)26-30-51(57)52-31-27-48(36-58(52)66)44-22-14-7-15-23-44;1-60-52-38-58(64-54-29-17-15-27-46(54)48-35-44(31-33-56(48)64)40-20-8-3-9-21-40)57(63-53-28-16-14-26-45(53)47-34-43(30-32-55(47)63)39-18-6-2-7-19-39)36-49(52)59-61-50(41-22-10-4-11-23-41)37-51(62-59)42-24-12-5-13-25-42/h4-38H,1-2H3;2-38H. The van der Waals surface area contributed by atoms with Crippen LogP contribution in [0.1, 0.15) is 11.4 Å². The quantitative estimate of drug-likeness (QED) is 0.102. The van der Waals surface area contributed by atoms with Crippen LogP contribution in [0.3, 0.4) is 0 Å². The van der Waals surface area contributed by atoms with Crippen molar-refractivity contribution in [1.82, 2.24) is 38.2 Å². The molecule has 6 heterocycles. The van der Waals surface area contributed by atoms with Crippen molar-refractivity contribution in [3.8, 4) is 135 Å². The molecule has 0 unspecified atom stereocenters. The second kappa shape index (κ2) is 32.4. The van der Waals surface area contributed by atoms with Crippen LogP contribution in [0.15, 0.2) is 437 Å². The molecule has 6 aromatic heterocycles. The number of fused-ring (bicyclic) bond motifs is 12. The Labute approximate surface area is 751 Å². The summed E-state index contributed by atoms with van der Waals surface area (Å²) < 4.78 is 9.50. The largest absolute Gasteiger partial charge is 0.308 e. The Bertz CT molecular complexity index is 8390. The van der Waals surface area contributed by atoms with E-state index in [0.29, 0.717) is 34.2 Å². The van der Waals surface area contributed by atoms with E-state index in [1.54, 1.807) is 0 Å². The number of benzene rings is 18. The summed E-state index contributed by atoms with van der Waals surface area (Å²) >= 11 is 0. The first-order valence-electron chi connectivity index (χ1n) is 43.7. The summed E-state index contributed by atoms with van der Waals surface area (Å²) in [4.78, 5) is 29.0. The summed E-state index contributed by atoms with van der Waals surface area (Å²) in [5.41, 5.74) is 33.1. The predicted octanol–water partition coefficient (Wildman–Crippen LogP) is 31.7. The molecule has 10 nitrogen and oxygen atoms in total. The van der Waals surface area contributed by atoms with E-state index >= 15 is 0 Å². The molecule has 0 aliphatic carbocycles. The molecule has 18 aromatic carbocycles. The maximum Gasteiger partial charge on any atom is 0.200 e. The van der Waals surface area contributed by atoms with Crippen LogP contribution in [0.4, 0.5) is 11.4 Å². The molecule has 0 fully saturated rings. The van der Waals surface area contributed by atoms with Gasteiger partial charge in [0.05, 0.1) is 91.4 Å². The van der Waals surface area contributed by atoms with Crippen LogP contribution in [0.2, 0.25) is 0 Å². The highest BCUT2D eigenvalue weighted by molar-refractivity contribution is 6.16. The summed E-state index contributed by atoms with van der Waals surface area (Å²) in [6, 6.07) is 154. The van der Waals surface area contributed by atoms with Gasteiger partial charge in [-0.1, -0.05) is 340 Å². The van der Waals surface area contributed by atoms with E-state index in [1.165, 1.54) is 0 Å². The van der Waals surface area contributed by atoms with Gasteiger partial charge in [0.25, 0.3) is 0 Å². The lowest BCUT2D eigenvalue weighted by Gasteiger charge is -2.20. The molecule has 0 saturated carbocycles. The minimum absolute atomic E-state index is 0.460. The fourth-order valence-electron chi connectivity index (χ4n) is 19.2. The van der Waals surface area contributed by atoms with E-state index in [4.69, 9.17) is 33.1 Å². The Balaban J connectivity index is 0.000000148. The molecular weight excluding hydrogens is 1580 g/mol. The molecule has 0 aliphatic heterocycles. The van der Waals surface area contributed by atoms with Gasteiger partial charge in [-0.2, -0.15) is 0 Å². The smallest absolute Gasteiger partial charge is 0.200 e. The summed E-state index contributed by atoms with van der Waals surface area (Å²) in [5.74, 6) is 1.02. The van der Waals surface area contributed by atoms with Gasteiger partial charge in [0.15, 0.2) is 11.4 Å². The summed E-state index contributed by atoms with van der Waals surface area (Å²) in [6.45, 7) is 21.6. The van der Waals surface area contributed by atoms with Crippen LogP contribution < -0.4 is 0 Å². The monoisotopic (exact) mass is 1660 g/mol. The highest BCUT2D eigenvalue weighted by Crippen LogP contribution is 2.49. The van der Waals surface area contributed by atoms with Gasteiger partial charge in [-0.3, -0.25) is 0 Å². The molecule has 0 atom stereocenters. The fraction of sp³-hybridized carbons (Fsp3) is 0.0167. The summed E-state index contributed by atoms with van der Waals surface area (Å²) in [7, 11) is 0. The van der Waals surface area contributed by atoms with Gasteiger partial charge in [0.1, 0.15) is 11.6 Å². The third-order valence-corrected chi connectivity index (χ3v) is 25.2. The Morgan fingerprint density at radius 3 is 0.731 bits per heavy atom. The average Bonchev–Trinajstić information content (AvgIpc) is 1.56. The van der Waals surface area contributed by atoms with E-state index in [1.807, 2.05) is 68.4 Å². The Kier molecular flexibility index (Phi) is 19.2. The number of rotatable bonds is 14. The molecule has 0 spiro atoms. The van der Waals surface area contributed by atoms with Gasteiger partial charge in [-0.05, 0) is 178 Å². The van der Waals surface area contributed by atoms with Gasteiger partial charge in [0, 0.05) is 76.7 Å². The zero-order valence-corrected chi connectivity index (χ0v) is 71.0. The van der Waals surface area contributed by atoms with Crippen molar-refractivity contribution < 1.29 is 0 Å². The number of aromatic nitrogens is 8. The Hall–Kier alpha value is -17.7. The van der Waals surface area contributed by atoms with Gasteiger partial charge < -0.3 is 18.3 Å². The maximum atomic E-state index is 8.81. The van der Waals surface area contributed by atoms with Crippen LogP contribution >= 0.6 is 0 Å². The second-order valence-electron chi connectivity index (χ2n) is 33.1. The lowest BCUT2D eigenvalue weighted by Crippen LogP contribution is -2.05. The molecule has 130 heavy (non-hydrogen) atoms. The van der Waals surface area contributed by atoms with Gasteiger partial charge >= 0.3 is 0 Å². The zero-order valence-electron chi connectivity index (χ0n) is 71.0. The highest BCUT2D eigenvalue weighted by Gasteiger charge is 2.29. The van der Waals surface area contributed by atoms with E-state index in [9.17, 15) is 0 Å². The van der Waals surface area contributed by atoms with Crippen molar-refractivity contribution >= 4 is 98.6 Å². The third kappa shape index (κ3) is 13.7. The van der Waals surface area contributed by atoms with Crippen LogP contribution in [-0.2, 0) is 0 Å². The molecule has 0 amide bonds. The van der Waals surface area contributed by atoms with Crippen LogP contribution in [0.25, 0.3) is 232 Å². The average molecular weight is 1660 g/mol. The third-order valence-electron chi connectivity index (χ3n) is 25.2. The molecule has 24 rings (SSSR count). The fourth-order valence-corrected chi connectivity index (χ4v) is 19.2. The van der Waals surface area contributed by atoms with Crippen molar-refractivity contribution in [1.29, 1.82) is 0 Å². The molecule has 0 saturated heterocycles. The minimum atomic E-state index is 0.460. The van der Waals surface area contributed by atoms with Crippen molar-refractivity contribution in [2.75, 3.05) is 0 Å². The van der Waals surface area contributed by atoms with Crippen LogP contribution in [0.5, 0.6) is 0 Å². The van der Waals surface area contributed by atoms with E-state index in [-0.39, 0.29) is 0 Å². The van der Waals surface area contributed by atoms with Crippen molar-refractivity contribution in [3.05, 3.63) is 471 Å². The molecule has 0 bridgehead atoms. The van der Waals surface area contributed by atoms with Crippen molar-refractivity contribution in [2.24, 2.45) is 0 Å². The minimum Gasteiger partial charge on any atom is -0.308 e. The van der Waals surface area contributed by atoms with Gasteiger partial charge in [-0.15, -0.1) is 0 Å². The van der Waals surface area contributed by atoms with Crippen molar-refractivity contribution in [3.63, 3.8) is 0 Å². The highest BCUT2D eigenvalue weighted by atomic mass is 15.1. The molecule has 0 aliphatic rings. The summed E-state index contributed by atoms with van der Waals surface area (Å²) in [5, 5.41) is 9.07.